The zero-order chi connectivity index (χ0) is 15.4. The number of nitrogens with two attached hydrogens (primary N) is 1. The van der Waals surface area contributed by atoms with Gasteiger partial charge in [-0.05, 0) is 66.1 Å². The van der Waals surface area contributed by atoms with Crippen LogP contribution in [0.25, 0.3) is 0 Å². The summed E-state index contributed by atoms with van der Waals surface area (Å²) in [6.45, 7) is 0. The van der Waals surface area contributed by atoms with Crippen molar-refractivity contribution < 1.29 is 4.74 Å². The highest BCUT2D eigenvalue weighted by Gasteiger charge is 2.00. The minimum Gasteiger partial charge on any atom is -0.457 e. The minimum absolute atomic E-state index is 0.726. The van der Waals surface area contributed by atoms with E-state index in [9.17, 15) is 0 Å². The first-order chi connectivity index (χ1) is 10.7. The van der Waals surface area contributed by atoms with Crippen LogP contribution >= 0.6 is 11.6 Å². The van der Waals surface area contributed by atoms with Crippen molar-refractivity contribution in [2.24, 2.45) is 0 Å². The van der Waals surface area contributed by atoms with E-state index < -0.39 is 0 Å². The van der Waals surface area contributed by atoms with Crippen LogP contribution in [0.5, 0.6) is 11.5 Å². The van der Waals surface area contributed by atoms with E-state index in [0.29, 0.717) is 0 Å². The predicted molar refractivity (Wildman–Crippen MR) is 91.6 cm³/mol. The third kappa shape index (κ3) is 3.80. The second-order valence-corrected chi connectivity index (χ2v) is 5.56. The Morgan fingerprint density at radius 2 is 1.41 bits per heavy atom. The van der Waals surface area contributed by atoms with Crippen LogP contribution in [-0.4, -0.2) is 0 Å². The molecule has 0 aliphatic rings. The molecule has 0 bridgehead atoms. The van der Waals surface area contributed by atoms with E-state index in [1.807, 2.05) is 54.6 Å². The van der Waals surface area contributed by atoms with Gasteiger partial charge in [0.25, 0.3) is 0 Å². The maximum absolute atomic E-state index is 6.01. The van der Waals surface area contributed by atoms with Crippen molar-refractivity contribution in [1.82, 2.24) is 0 Å². The van der Waals surface area contributed by atoms with Crippen LogP contribution in [-0.2, 0) is 6.42 Å². The Labute approximate surface area is 135 Å². The first-order valence-electron chi connectivity index (χ1n) is 7.06. The molecular formula is C19H16ClNO. The summed E-state index contributed by atoms with van der Waals surface area (Å²) in [5.74, 6) is 1.58. The van der Waals surface area contributed by atoms with E-state index in [4.69, 9.17) is 22.1 Å². The molecule has 0 heterocycles. The Morgan fingerprint density at radius 1 is 0.773 bits per heavy atom. The van der Waals surface area contributed by atoms with Gasteiger partial charge in [0.2, 0.25) is 0 Å². The van der Waals surface area contributed by atoms with Gasteiger partial charge in [0, 0.05) is 10.7 Å². The molecule has 0 radical (unpaired) electrons. The molecule has 0 aromatic heterocycles. The highest BCUT2D eigenvalue weighted by Crippen LogP contribution is 2.23. The fourth-order valence-electron chi connectivity index (χ4n) is 2.23. The summed E-state index contributed by atoms with van der Waals surface area (Å²) in [7, 11) is 0. The lowest BCUT2D eigenvalue weighted by Crippen LogP contribution is -1.89. The summed E-state index contributed by atoms with van der Waals surface area (Å²) in [6.07, 6.45) is 0.850. The smallest absolute Gasteiger partial charge is 0.127 e. The molecule has 0 aliphatic carbocycles. The number of halogens is 1. The molecule has 110 valence electrons. The van der Waals surface area contributed by atoms with Gasteiger partial charge in [-0.3, -0.25) is 0 Å². The maximum atomic E-state index is 6.01. The molecule has 0 atom stereocenters. The van der Waals surface area contributed by atoms with Crippen molar-refractivity contribution in [3.63, 3.8) is 0 Å². The molecular weight excluding hydrogens is 294 g/mol. The topological polar surface area (TPSA) is 35.2 Å². The van der Waals surface area contributed by atoms with Crippen LogP contribution in [0.2, 0.25) is 5.02 Å². The molecule has 3 aromatic carbocycles. The largest absolute Gasteiger partial charge is 0.457 e. The van der Waals surface area contributed by atoms with Gasteiger partial charge in [-0.25, -0.2) is 0 Å². The first-order valence-corrected chi connectivity index (χ1v) is 7.44. The average Bonchev–Trinajstić information content (AvgIpc) is 2.52. The van der Waals surface area contributed by atoms with Gasteiger partial charge in [-0.2, -0.15) is 0 Å². The second kappa shape index (κ2) is 6.54. The van der Waals surface area contributed by atoms with E-state index in [2.05, 4.69) is 18.2 Å². The summed E-state index contributed by atoms with van der Waals surface area (Å²) in [5, 5.41) is 0.765. The Morgan fingerprint density at radius 3 is 2.05 bits per heavy atom. The molecule has 2 N–H and O–H groups in total. The number of hydrogen-bond donors (Lipinski definition) is 1. The number of hydrogen-bond acceptors (Lipinski definition) is 2. The normalized spacial score (nSPS) is 10.4. The summed E-state index contributed by atoms with van der Waals surface area (Å²) in [6, 6.07) is 23.3. The van der Waals surface area contributed by atoms with Crippen molar-refractivity contribution in [3.8, 4) is 11.5 Å². The van der Waals surface area contributed by atoms with Crippen LogP contribution in [0.3, 0.4) is 0 Å². The minimum atomic E-state index is 0.726. The van der Waals surface area contributed by atoms with Crippen molar-refractivity contribution in [2.75, 3.05) is 5.73 Å². The SMILES string of the molecule is Nc1ccc(Oc2ccc(Cc3cccc(Cl)c3)cc2)cc1. The number of ether oxygens (including phenoxy) is 1. The number of rotatable bonds is 4. The third-order valence-electron chi connectivity index (χ3n) is 3.34. The summed E-state index contributed by atoms with van der Waals surface area (Å²) in [5.41, 5.74) is 8.79. The van der Waals surface area contributed by atoms with Crippen LogP contribution in [0.4, 0.5) is 5.69 Å². The second-order valence-electron chi connectivity index (χ2n) is 5.12. The van der Waals surface area contributed by atoms with E-state index in [1.165, 1.54) is 11.1 Å². The van der Waals surface area contributed by atoms with Gasteiger partial charge in [0.1, 0.15) is 11.5 Å². The summed E-state index contributed by atoms with van der Waals surface area (Å²) in [4.78, 5) is 0. The van der Waals surface area contributed by atoms with Crippen molar-refractivity contribution in [3.05, 3.63) is 88.9 Å². The zero-order valence-electron chi connectivity index (χ0n) is 12.0. The van der Waals surface area contributed by atoms with E-state index >= 15 is 0 Å². The van der Waals surface area contributed by atoms with E-state index in [-0.39, 0.29) is 0 Å². The van der Waals surface area contributed by atoms with Crippen molar-refractivity contribution in [1.29, 1.82) is 0 Å². The predicted octanol–water partition coefficient (Wildman–Crippen LogP) is 5.31. The molecule has 0 saturated heterocycles. The number of nitrogen functional groups attached to an aromatic ring is 1. The quantitative estimate of drug-likeness (QED) is 0.663. The standard InChI is InChI=1S/C19H16ClNO/c20-16-3-1-2-15(13-16)12-14-4-8-18(9-5-14)22-19-10-6-17(21)7-11-19/h1-11,13H,12,21H2. The number of benzene rings is 3. The average molecular weight is 310 g/mol. The molecule has 3 aromatic rings. The maximum Gasteiger partial charge on any atom is 0.127 e. The molecule has 0 fully saturated rings. The lowest BCUT2D eigenvalue weighted by atomic mass is 10.1. The van der Waals surface area contributed by atoms with Gasteiger partial charge < -0.3 is 10.5 Å². The van der Waals surface area contributed by atoms with Crippen LogP contribution in [0.1, 0.15) is 11.1 Å². The third-order valence-corrected chi connectivity index (χ3v) is 3.57. The van der Waals surface area contributed by atoms with E-state index in [1.54, 1.807) is 0 Å². The van der Waals surface area contributed by atoms with Crippen LogP contribution in [0.15, 0.2) is 72.8 Å². The Hall–Kier alpha value is -2.45. The Balaban J connectivity index is 1.68. The van der Waals surface area contributed by atoms with Gasteiger partial charge in [0.15, 0.2) is 0 Å². The Kier molecular flexibility index (Phi) is 4.31. The van der Waals surface area contributed by atoms with Crippen molar-refractivity contribution >= 4 is 17.3 Å². The summed E-state index contributed by atoms with van der Waals surface area (Å²) >= 11 is 6.01. The molecule has 0 spiro atoms. The van der Waals surface area contributed by atoms with Gasteiger partial charge >= 0.3 is 0 Å². The molecule has 0 aliphatic heterocycles. The lowest BCUT2D eigenvalue weighted by molar-refractivity contribution is 0.482. The zero-order valence-corrected chi connectivity index (χ0v) is 12.8. The molecule has 3 heteroatoms. The van der Waals surface area contributed by atoms with Crippen LogP contribution < -0.4 is 10.5 Å². The monoisotopic (exact) mass is 309 g/mol. The highest BCUT2D eigenvalue weighted by atomic mass is 35.5. The first kappa shape index (κ1) is 14.5. The summed E-state index contributed by atoms with van der Waals surface area (Å²) < 4.78 is 5.78. The molecule has 3 rings (SSSR count). The van der Waals surface area contributed by atoms with Gasteiger partial charge in [-0.15, -0.1) is 0 Å². The fraction of sp³-hybridized carbons (Fsp3) is 0.0526. The fourth-order valence-corrected chi connectivity index (χ4v) is 2.44. The highest BCUT2D eigenvalue weighted by molar-refractivity contribution is 6.30. The van der Waals surface area contributed by atoms with E-state index in [0.717, 1.165) is 28.6 Å². The van der Waals surface area contributed by atoms with Crippen LogP contribution in [0, 0.1) is 0 Å². The molecule has 0 saturated carbocycles. The molecule has 2 nitrogen and oxygen atoms in total. The molecule has 0 unspecified atom stereocenters. The molecule has 22 heavy (non-hydrogen) atoms. The lowest BCUT2D eigenvalue weighted by Gasteiger charge is -2.07. The van der Waals surface area contributed by atoms with Crippen molar-refractivity contribution in [2.45, 2.75) is 6.42 Å². The Bertz CT molecular complexity index is 751. The van der Waals surface area contributed by atoms with Gasteiger partial charge in [-0.1, -0.05) is 35.9 Å². The van der Waals surface area contributed by atoms with Gasteiger partial charge in [0.05, 0.1) is 0 Å². The number of anilines is 1. The molecule has 0 amide bonds.